The van der Waals surface area contributed by atoms with Crippen LogP contribution in [0.15, 0.2) is 49.1 Å². The summed E-state index contributed by atoms with van der Waals surface area (Å²) in [6.07, 6.45) is 6.24. The third-order valence-corrected chi connectivity index (χ3v) is 12.5. The zero-order valence-corrected chi connectivity index (χ0v) is 49.8. The first-order chi connectivity index (χ1) is 32.3. The summed E-state index contributed by atoms with van der Waals surface area (Å²) < 4.78 is 144. The van der Waals surface area contributed by atoms with Crippen molar-refractivity contribution in [3.8, 4) is 0 Å². The smallest absolute Gasteiger partial charge is 0.320 e. The number of carboxylic acids is 1. The first kappa shape index (κ1) is 79.1. The van der Waals surface area contributed by atoms with Gasteiger partial charge in [0.05, 0.1) is 116 Å². The van der Waals surface area contributed by atoms with Gasteiger partial charge < -0.3 is 70.4 Å². The number of phosphoric ester groups is 1. The van der Waals surface area contributed by atoms with Crippen LogP contribution in [0.5, 0.6) is 0 Å². The number of phosphoric acid groups is 1. The molecule has 73 heavy (non-hydrogen) atoms. The number of hydrogen-bond acceptors (Lipinski definition) is 21. The number of aryl methyl sites for hydroxylation is 2. The fourth-order valence-corrected chi connectivity index (χ4v) is 6.79. The van der Waals surface area contributed by atoms with Crippen molar-refractivity contribution in [2.75, 3.05) is 136 Å². The molecule has 0 aliphatic heterocycles. The molecule has 0 amide bonds. The SMILES string of the molecule is CCOP(=O)([O-])OC[N+](C)(C)C.CC[N+](C)(C)CC(=O)[O-].CC[N+](C)(C)COS(=O)(=O)[O-].CC[N+](C)(C)CS(=O)(=O)[O-].CC[N+](C)(C)[O-].Cc1cc[n+](CS(=O)(=O)O[O-])cc1.Cc1cc[n+](CS(=O)(=O)[O-])cc1. The highest BCUT2D eigenvalue weighted by Gasteiger charge is 2.17. The van der Waals surface area contributed by atoms with Crippen LogP contribution in [-0.2, 0) is 79.4 Å². The minimum atomic E-state index is -4.53. The number of carbonyl (C=O) groups excluding carboxylic acids is 1. The van der Waals surface area contributed by atoms with E-state index in [1.54, 1.807) is 98.3 Å². The van der Waals surface area contributed by atoms with Crippen LogP contribution in [0.3, 0.4) is 0 Å². The molecule has 2 heterocycles. The van der Waals surface area contributed by atoms with Crippen LogP contribution in [0.4, 0.5) is 0 Å². The Hall–Kier alpha value is -2.80. The lowest BCUT2D eigenvalue weighted by Crippen LogP contribution is -2.47. The summed E-state index contributed by atoms with van der Waals surface area (Å²) in [5.74, 6) is -2.28. The number of aromatic nitrogens is 2. The van der Waals surface area contributed by atoms with Gasteiger partial charge in [0.1, 0.15) is 16.7 Å². The van der Waals surface area contributed by atoms with Crippen molar-refractivity contribution in [1.82, 2.24) is 0 Å². The molecule has 2 rings (SSSR count). The van der Waals surface area contributed by atoms with Gasteiger partial charge >= 0.3 is 10.1 Å². The van der Waals surface area contributed by atoms with Crippen molar-refractivity contribution in [3.63, 3.8) is 0 Å². The fraction of sp³-hybridized carbons (Fsp3) is 0.725. The molecule has 0 aromatic carbocycles. The van der Waals surface area contributed by atoms with E-state index in [4.69, 9.17) is 0 Å². The molecule has 0 saturated carbocycles. The molecule has 2 aromatic rings. The Morgan fingerprint density at radius 3 is 1.21 bits per heavy atom. The van der Waals surface area contributed by atoms with Crippen molar-refractivity contribution in [1.29, 1.82) is 0 Å². The summed E-state index contributed by atoms with van der Waals surface area (Å²) >= 11 is 0. The number of hydroxylamine groups is 3. The van der Waals surface area contributed by atoms with Crippen LogP contribution >= 0.6 is 7.82 Å². The Labute approximate surface area is 435 Å². The molecule has 0 aliphatic carbocycles. The molecule has 0 bridgehead atoms. The van der Waals surface area contributed by atoms with E-state index in [9.17, 15) is 77.2 Å². The van der Waals surface area contributed by atoms with Gasteiger partial charge in [-0.2, -0.15) is 17.6 Å². The number of carboxylic acid groups (broad SMARTS) is 1. The molecule has 28 nitrogen and oxygen atoms in total. The largest absolute Gasteiger partial charge is 0.756 e. The first-order valence-corrected chi connectivity index (χ1v) is 29.4. The minimum absolute atomic E-state index is 0.0841. The predicted octanol–water partition coefficient (Wildman–Crippen LogP) is -2.67. The second-order valence-corrected chi connectivity index (χ2v) is 25.9. The van der Waals surface area contributed by atoms with Crippen LogP contribution in [0.2, 0.25) is 0 Å². The zero-order chi connectivity index (χ0) is 59.2. The summed E-state index contributed by atoms with van der Waals surface area (Å²) in [6.45, 7) is 15.9. The molecule has 33 heteroatoms. The maximum Gasteiger partial charge on any atom is 0.320 e. The monoisotopic (exact) mass is 1160 g/mol. The van der Waals surface area contributed by atoms with E-state index in [0.717, 1.165) is 17.7 Å². The molecular weight excluding hydrogens is 1070 g/mol. The third kappa shape index (κ3) is 61.6. The van der Waals surface area contributed by atoms with Crippen molar-refractivity contribution < 1.29 is 121 Å². The standard InChI is InChI=1S/C7H9NO4S.C7H9NO3S.C6H16NO4P.C6H13NO2.C5H13NO4S.C5H13NO3S.C4H11NO/c1-7-2-4-8(5-3-7)6-13(10,11)12-9;1-7-2-4-8(5-3-7)6-12(9,10)11;1-5-10-12(8,9)11-6-7(2,3)4;1-4-7(2,3)5-6(8)9;1-4-6(2,3)5-10-11(7,8)9;1-4-6(2,3)5-10(7,8)9;1-4-5(2,3)6/h2-5H,6H2,1H3;2-5H,6H2,1H3;5-6H2,1-4H3;4-5H2,1-3H3;4-5H2,1-3H3;4-5H2,1-3H3;4H2,1-3H3. The highest BCUT2D eigenvalue weighted by molar-refractivity contribution is 7.85. The van der Waals surface area contributed by atoms with Gasteiger partial charge in [0.25, 0.3) is 13.7 Å². The molecule has 0 N–H and O–H groups in total. The maximum absolute atomic E-state index is 10.9. The Morgan fingerprint density at radius 2 is 0.973 bits per heavy atom. The van der Waals surface area contributed by atoms with E-state index in [0.29, 0.717) is 33.1 Å². The van der Waals surface area contributed by atoms with Gasteiger partial charge in [-0.15, -0.1) is 0 Å². The highest BCUT2D eigenvalue weighted by Crippen LogP contribution is 2.38. The Kier molecular flexibility index (Phi) is 38.5. The number of pyridine rings is 2. The van der Waals surface area contributed by atoms with E-state index >= 15 is 0 Å². The number of likely N-dealkylation sites (N-methyl/N-ethyl adjacent to an activating group) is 1. The van der Waals surface area contributed by atoms with Gasteiger partial charge in [0, 0.05) is 24.3 Å². The van der Waals surface area contributed by atoms with Crippen LogP contribution in [0, 0.1) is 19.1 Å². The summed E-state index contributed by atoms with van der Waals surface area (Å²) in [5, 5.41) is 30.2. The molecule has 0 aliphatic rings. The molecule has 1 unspecified atom stereocenters. The third-order valence-electron chi connectivity index (χ3n) is 8.67. The topological polar surface area (TPSA) is 377 Å². The maximum atomic E-state index is 10.9. The number of aliphatic carboxylic acids is 1. The second-order valence-electron chi connectivity index (χ2n) is 19.2. The van der Waals surface area contributed by atoms with Gasteiger partial charge in [-0.05, 0) is 59.6 Å². The van der Waals surface area contributed by atoms with Gasteiger partial charge in [-0.3, -0.25) is 9.09 Å². The van der Waals surface area contributed by atoms with E-state index in [-0.39, 0.29) is 41.6 Å². The summed E-state index contributed by atoms with van der Waals surface area (Å²) in [7, 11) is -1.43. The molecule has 0 saturated heterocycles. The van der Waals surface area contributed by atoms with E-state index in [1.165, 1.54) is 9.13 Å². The van der Waals surface area contributed by atoms with Crippen LogP contribution in [-0.4, -0.2) is 212 Å². The average Bonchev–Trinajstić information content (AvgIpc) is 3.20. The Balaban J connectivity index is -0.000000249. The zero-order valence-electron chi connectivity index (χ0n) is 45.7. The van der Waals surface area contributed by atoms with Gasteiger partial charge in [-0.1, -0.05) is 0 Å². The second kappa shape index (κ2) is 35.5. The predicted molar refractivity (Wildman–Crippen MR) is 260 cm³/mol. The molecular formula is C40H84N7O21PS4. The summed E-state index contributed by atoms with van der Waals surface area (Å²) in [4.78, 5) is 20.9. The quantitative estimate of drug-likeness (QED) is 0.0180. The minimum Gasteiger partial charge on any atom is -0.756 e. The lowest BCUT2D eigenvalue weighted by Gasteiger charge is -2.31. The Morgan fingerprint density at radius 1 is 0.603 bits per heavy atom. The van der Waals surface area contributed by atoms with Gasteiger partial charge in [-0.25, -0.2) is 29.4 Å². The first-order valence-electron chi connectivity index (χ1n) is 21.9. The summed E-state index contributed by atoms with van der Waals surface area (Å²) in [6, 6.07) is 6.96. The fourth-order valence-electron chi connectivity index (χ4n) is 3.34. The lowest BCUT2D eigenvalue weighted by atomic mass is 10.3. The lowest BCUT2D eigenvalue weighted by molar-refractivity contribution is -0.904. The number of rotatable bonds is 21. The van der Waals surface area contributed by atoms with Crippen LogP contribution in [0.25, 0.3) is 0 Å². The number of carbonyl (C=O) groups is 1. The van der Waals surface area contributed by atoms with Crippen molar-refractivity contribution >= 4 is 54.5 Å². The molecule has 0 spiro atoms. The van der Waals surface area contributed by atoms with Crippen molar-refractivity contribution in [3.05, 3.63) is 65.4 Å². The molecule has 0 fully saturated rings. The average molecular weight is 1160 g/mol. The number of hydrogen-bond donors (Lipinski definition) is 0. The van der Waals surface area contributed by atoms with E-state index < -0.39 is 66.3 Å². The van der Waals surface area contributed by atoms with Crippen LogP contribution < -0.4 is 24.4 Å². The normalized spacial score (nSPS) is 13.1. The molecule has 1 atom stereocenters. The van der Waals surface area contributed by atoms with Crippen molar-refractivity contribution in [2.45, 2.75) is 60.2 Å². The molecule has 434 valence electrons. The highest BCUT2D eigenvalue weighted by atomic mass is 32.3. The van der Waals surface area contributed by atoms with Crippen LogP contribution in [0.1, 0.15) is 45.7 Å². The van der Waals surface area contributed by atoms with Gasteiger partial charge in [0.15, 0.2) is 54.2 Å². The number of quaternary nitrogens is 5. The summed E-state index contributed by atoms with van der Waals surface area (Å²) in [5.41, 5.74) is 2.03. The van der Waals surface area contributed by atoms with E-state index in [1.807, 2.05) is 76.8 Å². The van der Waals surface area contributed by atoms with Gasteiger partial charge in [0.2, 0.25) is 16.3 Å². The molecule has 0 radical (unpaired) electrons. The van der Waals surface area contributed by atoms with Crippen molar-refractivity contribution in [2.24, 2.45) is 0 Å². The Bertz CT molecular complexity index is 2330. The number of nitrogens with zero attached hydrogens (tertiary/aromatic N) is 7. The van der Waals surface area contributed by atoms with E-state index in [2.05, 4.69) is 17.6 Å². The molecule has 2 aromatic heterocycles.